The molecule has 0 heterocycles. The first-order valence-corrected chi connectivity index (χ1v) is 8.25. The van der Waals surface area contributed by atoms with Gasteiger partial charge >= 0.3 is 0 Å². The minimum Gasteiger partial charge on any atom is -0.311 e. The first-order chi connectivity index (χ1) is 8.50. The average Bonchev–Trinajstić information content (AvgIpc) is 2.25. The molecule has 4 fully saturated rings. The van der Waals surface area contributed by atoms with Crippen molar-refractivity contribution in [2.75, 3.05) is 6.54 Å². The Morgan fingerprint density at radius 3 is 1.94 bits per heavy atom. The van der Waals surface area contributed by atoms with Crippen molar-refractivity contribution >= 4 is 0 Å². The molecule has 0 atom stereocenters. The summed E-state index contributed by atoms with van der Waals surface area (Å²) in [4.78, 5) is 0. The molecule has 1 N–H and O–H groups in total. The number of rotatable bonds is 5. The van der Waals surface area contributed by atoms with Crippen molar-refractivity contribution in [3.63, 3.8) is 0 Å². The van der Waals surface area contributed by atoms with Crippen molar-refractivity contribution in [3.8, 4) is 0 Å². The lowest BCUT2D eigenvalue weighted by Gasteiger charge is -2.57. The first kappa shape index (κ1) is 13.0. The van der Waals surface area contributed by atoms with Gasteiger partial charge in [0.15, 0.2) is 0 Å². The summed E-state index contributed by atoms with van der Waals surface area (Å²) >= 11 is 0. The van der Waals surface area contributed by atoms with Crippen molar-refractivity contribution in [1.82, 2.24) is 5.32 Å². The average molecular weight is 249 g/mol. The molecule has 0 radical (unpaired) electrons. The van der Waals surface area contributed by atoms with E-state index in [1.165, 1.54) is 38.6 Å². The van der Waals surface area contributed by atoms with Crippen LogP contribution in [-0.2, 0) is 0 Å². The van der Waals surface area contributed by atoms with Crippen molar-refractivity contribution in [2.24, 2.45) is 23.2 Å². The summed E-state index contributed by atoms with van der Waals surface area (Å²) in [5.74, 6) is 3.20. The minimum absolute atomic E-state index is 0.484. The van der Waals surface area contributed by atoms with E-state index < -0.39 is 0 Å². The zero-order chi connectivity index (χ0) is 12.8. The maximum absolute atomic E-state index is 4.05. The largest absolute Gasteiger partial charge is 0.311 e. The molecule has 0 amide bonds. The highest BCUT2D eigenvalue weighted by atomic mass is 15.0. The lowest BCUT2D eigenvalue weighted by Crippen LogP contribution is -2.59. The fourth-order valence-corrected chi connectivity index (χ4v) is 5.52. The minimum atomic E-state index is 0.484. The quantitative estimate of drug-likeness (QED) is 0.763. The molecule has 0 aromatic heterocycles. The molecular formula is C17H31N. The Morgan fingerprint density at radius 2 is 1.50 bits per heavy atom. The third kappa shape index (κ3) is 2.48. The zero-order valence-electron chi connectivity index (χ0n) is 12.6. The standard InChI is InChI=1S/C17H31N/c1-4-5-16(2,3)12-18-17-9-13-6-14(10-17)8-15(7-13)11-17/h13-15,18H,4-12H2,1-3H3. The third-order valence-electron chi connectivity index (χ3n) is 5.91. The second-order valence-corrected chi connectivity index (χ2v) is 8.47. The van der Waals surface area contributed by atoms with Crippen LogP contribution in [0.3, 0.4) is 0 Å². The molecule has 4 saturated carbocycles. The van der Waals surface area contributed by atoms with Gasteiger partial charge in [0.1, 0.15) is 0 Å². The molecule has 0 aliphatic heterocycles. The highest BCUT2D eigenvalue weighted by molar-refractivity contribution is 5.06. The summed E-state index contributed by atoms with van der Waals surface area (Å²) < 4.78 is 0. The van der Waals surface area contributed by atoms with Crippen LogP contribution in [-0.4, -0.2) is 12.1 Å². The van der Waals surface area contributed by atoms with Gasteiger partial charge in [-0.3, -0.25) is 0 Å². The van der Waals surface area contributed by atoms with E-state index in [4.69, 9.17) is 0 Å². The summed E-state index contributed by atoms with van der Waals surface area (Å²) in [6, 6.07) is 0. The van der Waals surface area contributed by atoms with E-state index in [1.807, 2.05) is 0 Å². The molecule has 18 heavy (non-hydrogen) atoms. The molecule has 4 aliphatic rings. The Balaban J connectivity index is 1.62. The van der Waals surface area contributed by atoms with Crippen LogP contribution in [0.2, 0.25) is 0 Å². The number of hydrogen-bond donors (Lipinski definition) is 1. The predicted octanol–water partition coefficient (Wildman–Crippen LogP) is 4.37. The molecule has 1 nitrogen and oxygen atoms in total. The van der Waals surface area contributed by atoms with Gasteiger partial charge in [-0.05, 0) is 68.1 Å². The van der Waals surface area contributed by atoms with Gasteiger partial charge in [0, 0.05) is 12.1 Å². The van der Waals surface area contributed by atoms with Gasteiger partial charge in [0.2, 0.25) is 0 Å². The SMILES string of the molecule is CCCC(C)(C)CNC12CC3CC(CC(C3)C1)C2. The Bertz CT molecular complexity index is 269. The van der Waals surface area contributed by atoms with Crippen LogP contribution in [0.15, 0.2) is 0 Å². The number of nitrogens with one attached hydrogen (secondary N) is 1. The highest BCUT2D eigenvalue weighted by Gasteiger charge is 2.50. The van der Waals surface area contributed by atoms with Gasteiger partial charge in [-0.25, -0.2) is 0 Å². The Kier molecular flexibility index (Phi) is 3.25. The van der Waals surface area contributed by atoms with Gasteiger partial charge in [-0.1, -0.05) is 27.2 Å². The second kappa shape index (κ2) is 4.51. The summed E-state index contributed by atoms with van der Waals surface area (Å²) in [7, 11) is 0. The Morgan fingerprint density at radius 1 is 1.00 bits per heavy atom. The smallest absolute Gasteiger partial charge is 0.0189 e. The van der Waals surface area contributed by atoms with Crippen LogP contribution < -0.4 is 5.32 Å². The zero-order valence-corrected chi connectivity index (χ0v) is 12.6. The molecule has 0 spiro atoms. The highest BCUT2D eigenvalue weighted by Crippen LogP contribution is 2.55. The maximum atomic E-state index is 4.05. The molecular weight excluding hydrogens is 218 g/mol. The van der Waals surface area contributed by atoms with Crippen LogP contribution >= 0.6 is 0 Å². The van der Waals surface area contributed by atoms with E-state index in [2.05, 4.69) is 26.1 Å². The van der Waals surface area contributed by atoms with E-state index in [0.717, 1.165) is 17.8 Å². The molecule has 4 bridgehead atoms. The maximum Gasteiger partial charge on any atom is 0.0189 e. The summed E-state index contributed by atoms with van der Waals surface area (Å²) in [5, 5.41) is 4.05. The molecule has 4 aliphatic carbocycles. The second-order valence-electron chi connectivity index (χ2n) is 8.47. The van der Waals surface area contributed by atoms with Gasteiger partial charge in [-0.15, -0.1) is 0 Å². The lowest BCUT2D eigenvalue weighted by molar-refractivity contribution is -0.0239. The van der Waals surface area contributed by atoms with E-state index in [0.29, 0.717) is 11.0 Å². The fourth-order valence-electron chi connectivity index (χ4n) is 5.52. The van der Waals surface area contributed by atoms with Crippen molar-refractivity contribution < 1.29 is 0 Å². The van der Waals surface area contributed by atoms with Crippen LogP contribution in [0.5, 0.6) is 0 Å². The molecule has 4 rings (SSSR count). The van der Waals surface area contributed by atoms with E-state index in [1.54, 1.807) is 19.3 Å². The van der Waals surface area contributed by atoms with Gasteiger partial charge in [-0.2, -0.15) is 0 Å². The molecule has 0 unspecified atom stereocenters. The molecule has 0 saturated heterocycles. The first-order valence-electron chi connectivity index (χ1n) is 8.25. The summed E-state index contributed by atoms with van der Waals surface area (Å²) in [5.41, 5.74) is 1.04. The molecule has 0 aromatic carbocycles. The van der Waals surface area contributed by atoms with Crippen molar-refractivity contribution in [1.29, 1.82) is 0 Å². The predicted molar refractivity (Wildman–Crippen MR) is 77.6 cm³/mol. The van der Waals surface area contributed by atoms with E-state index in [9.17, 15) is 0 Å². The Hall–Kier alpha value is -0.0400. The summed E-state index contributed by atoms with van der Waals surface area (Å²) in [6.45, 7) is 8.41. The third-order valence-corrected chi connectivity index (χ3v) is 5.91. The van der Waals surface area contributed by atoms with Crippen molar-refractivity contribution in [3.05, 3.63) is 0 Å². The molecule has 0 aromatic rings. The van der Waals surface area contributed by atoms with Crippen LogP contribution in [0.4, 0.5) is 0 Å². The van der Waals surface area contributed by atoms with E-state index >= 15 is 0 Å². The van der Waals surface area contributed by atoms with Crippen LogP contribution in [0, 0.1) is 23.2 Å². The van der Waals surface area contributed by atoms with Gasteiger partial charge in [0.05, 0.1) is 0 Å². The Labute approximate surface area is 113 Å². The summed E-state index contributed by atoms with van der Waals surface area (Å²) in [6.07, 6.45) is 11.8. The number of hydrogen-bond acceptors (Lipinski definition) is 1. The topological polar surface area (TPSA) is 12.0 Å². The normalized spacial score (nSPS) is 42.5. The molecule has 1 heteroatoms. The van der Waals surface area contributed by atoms with Crippen molar-refractivity contribution in [2.45, 2.75) is 77.7 Å². The fraction of sp³-hybridized carbons (Fsp3) is 1.00. The van der Waals surface area contributed by atoms with Gasteiger partial charge < -0.3 is 5.32 Å². The monoisotopic (exact) mass is 249 g/mol. The lowest BCUT2D eigenvalue weighted by atomic mass is 9.53. The van der Waals surface area contributed by atoms with Crippen LogP contribution in [0.1, 0.15) is 72.1 Å². The molecule has 104 valence electrons. The van der Waals surface area contributed by atoms with Crippen LogP contribution in [0.25, 0.3) is 0 Å². The van der Waals surface area contributed by atoms with Gasteiger partial charge in [0.25, 0.3) is 0 Å². The van der Waals surface area contributed by atoms with E-state index in [-0.39, 0.29) is 0 Å².